The van der Waals surface area contributed by atoms with Crippen LogP contribution in [-0.2, 0) is 9.53 Å². The van der Waals surface area contributed by atoms with Crippen LogP contribution in [-0.4, -0.2) is 48.4 Å². The van der Waals surface area contributed by atoms with E-state index in [1.165, 1.54) is 0 Å². The standard InChI is InChI=1S/C23H25NO5/c1-2-28-19-13-11-17(12-14-19)21(25)16-29-23(27)20-10-6-7-15-24(20)22(26)18-8-4-3-5-9-18/h3-5,8-9,11-14,20H,2,6-7,10,15-16H2,1H3. The van der Waals surface area contributed by atoms with Gasteiger partial charge < -0.3 is 14.4 Å². The average molecular weight is 395 g/mol. The van der Waals surface area contributed by atoms with Gasteiger partial charge >= 0.3 is 5.97 Å². The molecule has 152 valence electrons. The maximum atomic E-state index is 12.8. The summed E-state index contributed by atoms with van der Waals surface area (Å²) in [6, 6.07) is 14.9. The first-order chi connectivity index (χ1) is 14.1. The van der Waals surface area contributed by atoms with Crippen LogP contribution in [0, 0.1) is 0 Å². The van der Waals surface area contributed by atoms with E-state index in [1.807, 2.05) is 13.0 Å². The molecule has 6 nitrogen and oxygen atoms in total. The molecule has 29 heavy (non-hydrogen) atoms. The van der Waals surface area contributed by atoms with Crippen molar-refractivity contribution in [3.05, 3.63) is 65.7 Å². The van der Waals surface area contributed by atoms with Gasteiger partial charge in [-0.25, -0.2) is 4.79 Å². The Hall–Kier alpha value is -3.15. The van der Waals surface area contributed by atoms with Crippen molar-refractivity contribution >= 4 is 17.7 Å². The second-order valence-corrected chi connectivity index (χ2v) is 6.86. The highest BCUT2D eigenvalue weighted by molar-refractivity contribution is 5.99. The summed E-state index contributed by atoms with van der Waals surface area (Å²) < 4.78 is 10.6. The van der Waals surface area contributed by atoms with E-state index in [-0.39, 0.29) is 18.3 Å². The number of benzene rings is 2. The fraction of sp³-hybridized carbons (Fsp3) is 0.348. The number of carbonyl (C=O) groups excluding carboxylic acids is 3. The molecule has 0 bridgehead atoms. The first kappa shape index (κ1) is 20.6. The number of hydrogen-bond acceptors (Lipinski definition) is 5. The van der Waals surface area contributed by atoms with Crippen molar-refractivity contribution in [3.8, 4) is 5.75 Å². The Morgan fingerprint density at radius 3 is 2.38 bits per heavy atom. The van der Waals surface area contributed by atoms with Crippen LogP contribution in [0.15, 0.2) is 54.6 Å². The summed E-state index contributed by atoms with van der Waals surface area (Å²) in [5.41, 5.74) is 0.986. The lowest BCUT2D eigenvalue weighted by Gasteiger charge is -2.34. The Morgan fingerprint density at radius 1 is 0.966 bits per heavy atom. The molecule has 2 aromatic rings. The summed E-state index contributed by atoms with van der Waals surface area (Å²) in [4.78, 5) is 39.3. The second kappa shape index (κ2) is 9.87. The Balaban J connectivity index is 1.60. The van der Waals surface area contributed by atoms with Crippen molar-refractivity contribution in [2.45, 2.75) is 32.2 Å². The molecule has 1 aliphatic rings. The smallest absolute Gasteiger partial charge is 0.329 e. The van der Waals surface area contributed by atoms with Crippen LogP contribution in [0.5, 0.6) is 5.75 Å². The van der Waals surface area contributed by atoms with Gasteiger partial charge in [0, 0.05) is 17.7 Å². The minimum atomic E-state index is -0.662. The van der Waals surface area contributed by atoms with Gasteiger partial charge in [-0.1, -0.05) is 18.2 Å². The highest BCUT2D eigenvalue weighted by atomic mass is 16.5. The fourth-order valence-corrected chi connectivity index (χ4v) is 3.39. The molecule has 1 fully saturated rings. The van der Waals surface area contributed by atoms with Gasteiger partial charge in [0.15, 0.2) is 12.4 Å². The predicted octanol–water partition coefficient (Wildman–Crippen LogP) is 3.51. The number of nitrogens with zero attached hydrogens (tertiary/aromatic N) is 1. The van der Waals surface area contributed by atoms with Crippen LogP contribution in [0.3, 0.4) is 0 Å². The monoisotopic (exact) mass is 395 g/mol. The van der Waals surface area contributed by atoms with Crippen molar-refractivity contribution < 1.29 is 23.9 Å². The van der Waals surface area contributed by atoms with Crippen LogP contribution in [0.4, 0.5) is 0 Å². The Bertz CT molecular complexity index is 847. The highest BCUT2D eigenvalue weighted by Gasteiger charge is 2.34. The second-order valence-electron chi connectivity index (χ2n) is 6.86. The van der Waals surface area contributed by atoms with E-state index in [9.17, 15) is 14.4 Å². The molecule has 0 N–H and O–H groups in total. The molecule has 0 aliphatic carbocycles. The lowest BCUT2D eigenvalue weighted by atomic mass is 10.0. The number of esters is 1. The first-order valence-corrected chi connectivity index (χ1v) is 9.89. The van der Waals surface area contributed by atoms with Gasteiger partial charge in [0.05, 0.1) is 6.61 Å². The number of ketones is 1. The van der Waals surface area contributed by atoms with Crippen molar-refractivity contribution in [3.63, 3.8) is 0 Å². The fourth-order valence-electron chi connectivity index (χ4n) is 3.39. The van der Waals surface area contributed by atoms with E-state index < -0.39 is 12.0 Å². The molecule has 1 aliphatic heterocycles. The van der Waals surface area contributed by atoms with E-state index in [1.54, 1.807) is 53.4 Å². The molecule has 0 spiro atoms. The summed E-state index contributed by atoms with van der Waals surface area (Å²) >= 11 is 0. The zero-order valence-corrected chi connectivity index (χ0v) is 16.5. The lowest BCUT2D eigenvalue weighted by Crippen LogP contribution is -2.48. The van der Waals surface area contributed by atoms with E-state index in [0.717, 1.165) is 12.8 Å². The molecule has 1 heterocycles. The van der Waals surface area contributed by atoms with Gasteiger partial charge in [-0.2, -0.15) is 0 Å². The van der Waals surface area contributed by atoms with E-state index in [2.05, 4.69) is 0 Å². The minimum absolute atomic E-state index is 0.190. The Kier molecular flexibility index (Phi) is 7.00. The molecule has 0 saturated carbocycles. The largest absolute Gasteiger partial charge is 0.494 e. The molecule has 6 heteroatoms. The summed E-state index contributed by atoms with van der Waals surface area (Å²) in [6.45, 7) is 2.58. The minimum Gasteiger partial charge on any atom is -0.494 e. The van der Waals surface area contributed by atoms with Gasteiger partial charge in [-0.15, -0.1) is 0 Å². The van der Waals surface area contributed by atoms with Crippen molar-refractivity contribution in [1.82, 2.24) is 4.90 Å². The Morgan fingerprint density at radius 2 is 1.69 bits per heavy atom. The van der Waals surface area contributed by atoms with E-state index in [4.69, 9.17) is 9.47 Å². The molecular formula is C23H25NO5. The lowest BCUT2D eigenvalue weighted by molar-refractivity contribution is -0.149. The topological polar surface area (TPSA) is 72.9 Å². The molecule has 1 atom stereocenters. The molecular weight excluding hydrogens is 370 g/mol. The number of rotatable bonds is 7. The van der Waals surface area contributed by atoms with Crippen LogP contribution < -0.4 is 4.74 Å². The van der Waals surface area contributed by atoms with Crippen LogP contribution in [0.2, 0.25) is 0 Å². The van der Waals surface area contributed by atoms with Crippen LogP contribution in [0.25, 0.3) is 0 Å². The first-order valence-electron chi connectivity index (χ1n) is 9.89. The number of piperidine rings is 1. The van der Waals surface area contributed by atoms with Crippen LogP contribution in [0.1, 0.15) is 46.9 Å². The van der Waals surface area contributed by atoms with Crippen molar-refractivity contribution in [1.29, 1.82) is 0 Å². The number of hydrogen-bond donors (Lipinski definition) is 0. The SMILES string of the molecule is CCOc1ccc(C(=O)COC(=O)C2CCCCN2C(=O)c2ccccc2)cc1. The number of amides is 1. The molecule has 0 aromatic heterocycles. The summed E-state index contributed by atoms with van der Waals surface area (Å²) in [7, 11) is 0. The van der Waals surface area contributed by atoms with E-state index in [0.29, 0.717) is 36.4 Å². The third-order valence-electron chi connectivity index (χ3n) is 4.89. The zero-order valence-electron chi connectivity index (χ0n) is 16.5. The molecule has 1 saturated heterocycles. The number of ether oxygens (including phenoxy) is 2. The van der Waals surface area contributed by atoms with Gasteiger partial charge in [0.1, 0.15) is 11.8 Å². The highest BCUT2D eigenvalue weighted by Crippen LogP contribution is 2.21. The normalized spacial score (nSPS) is 16.2. The summed E-state index contributed by atoms with van der Waals surface area (Å²) in [6.07, 6.45) is 2.22. The number of likely N-dealkylation sites (tertiary alicyclic amines) is 1. The van der Waals surface area contributed by atoms with E-state index >= 15 is 0 Å². The molecule has 1 amide bonds. The molecule has 3 rings (SSSR count). The third-order valence-corrected chi connectivity index (χ3v) is 4.89. The average Bonchev–Trinajstić information content (AvgIpc) is 2.78. The summed E-state index contributed by atoms with van der Waals surface area (Å²) in [5, 5.41) is 0. The number of carbonyl (C=O) groups is 3. The zero-order chi connectivity index (χ0) is 20.6. The third kappa shape index (κ3) is 5.22. The van der Waals surface area contributed by atoms with Gasteiger partial charge in [0.25, 0.3) is 5.91 Å². The quantitative estimate of drug-likeness (QED) is 0.530. The predicted molar refractivity (Wildman–Crippen MR) is 108 cm³/mol. The Labute approximate surface area is 170 Å². The maximum Gasteiger partial charge on any atom is 0.329 e. The van der Waals surface area contributed by atoms with Crippen LogP contribution >= 0.6 is 0 Å². The van der Waals surface area contributed by atoms with Crippen molar-refractivity contribution in [2.75, 3.05) is 19.8 Å². The van der Waals surface area contributed by atoms with Gasteiger partial charge in [0.2, 0.25) is 0 Å². The molecule has 0 radical (unpaired) electrons. The van der Waals surface area contributed by atoms with Gasteiger partial charge in [-0.05, 0) is 62.6 Å². The summed E-state index contributed by atoms with van der Waals surface area (Å²) in [5.74, 6) is -0.338. The number of Topliss-reactive ketones (excluding diaryl/α,β-unsaturated/α-hetero) is 1. The molecule has 1 unspecified atom stereocenters. The van der Waals surface area contributed by atoms with Gasteiger partial charge in [-0.3, -0.25) is 9.59 Å². The van der Waals surface area contributed by atoms with Crippen molar-refractivity contribution in [2.24, 2.45) is 0 Å². The molecule has 2 aromatic carbocycles. The maximum absolute atomic E-state index is 12.8.